The molecule has 20 heavy (non-hydrogen) atoms. The lowest BCUT2D eigenvalue weighted by atomic mass is 10.1. The number of ether oxygens (including phenoxy) is 1. The van der Waals surface area contributed by atoms with Gasteiger partial charge in [0.05, 0.1) is 11.4 Å². The van der Waals surface area contributed by atoms with E-state index >= 15 is 0 Å². The molecule has 1 unspecified atom stereocenters. The average molecular weight is 274 g/mol. The molecular weight excluding hydrogens is 256 g/mol. The summed E-state index contributed by atoms with van der Waals surface area (Å²) >= 11 is 0. The standard InChI is InChI=1S/C15H18N2O3/c1-8(18)16-14-10-4-3-5-12(10)17-15-11(14)6-7-13(15)20-9(2)19/h13H,3-7H2,1-2H3,(H,16,17,18). The quantitative estimate of drug-likeness (QED) is 0.838. The van der Waals surface area contributed by atoms with E-state index in [9.17, 15) is 9.59 Å². The monoisotopic (exact) mass is 274 g/mol. The first kappa shape index (κ1) is 13.1. The molecule has 0 aliphatic heterocycles. The molecule has 2 aliphatic rings. The summed E-state index contributed by atoms with van der Waals surface area (Å²) in [6.45, 7) is 2.94. The molecule has 1 heterocycles. The molecule has 1 aromatic rings. The first-order valence-corrected chi connectivity index (χ1v) is 7.05. The smallest absolute Gasteiger partial charge is 0.303 e. The third-order valence-corrected chi connectivity index (χ3v) is 3.93. The zero-order valence-electron chi connectivity index (χ0n) is 11.8. The first-order chi connectivity index (χ1) is 9.56. The normalized spacial score (nSPS) is 19.4. The zero-order valence-corrected chi connectivity index (χ0v) is 11.8. The SMILES string of the molecule is CC(=O)Nc1c2c(nc3c1CCC3OC(C)=O)CCC2. The summed E-state index contributed by atoms with van der Waals surface area (Å²) in [6, 6.07) is 0. The third-order valence-electron chi connectivity index (χ3n) is 3.93. The molecule has 0 saturated carbocycles. The van der Waals surface area contributed by atoms with Gasteiger partial charge in [-0.25, -0.2) is 0 Å². The van der Waals surface area contributed by atoms with Crippen LogP contribution in [-0.4, -0.2) is 16.9 Å². The molecule has 0 aromatic carbocycles. The van der Waals surface area contributed by atoms with E-state index in [1.807, 2.05) is 0 Å². The Labute approximate surface area is 117 Å². The number of rotatable bonds is 2. The Morgan fingerprint density at radius 1 is 1.20 bits per heavy atom. The van der Waals surface area contributed by atoms with Gasteiger partial charge < -0.3 is 10.1 Å². The number of amides is 1. The maximum absolute atomic E-state index is 11.5. The maximum atomic E-state index is 11.5. The number of nitrogens with one attached hydrogen (secondary N) is 1. The minimum atomic E-state index is -0.286. The van der Waals surface area contributed by atoms with Crippen LogP contribution in [0.5, 0.6) is 0 Å². The highest BCUT2D eigenvalue weighted by Crippen LogP contribution is 2.41. The number of carbonyl (C=O) groups excluding carboxylic acids is 2. The number of nitrogens with zero attached hydrogens (tertiary/aromatic N) is 1. The van der Waals surface area contributed by atoms with Gasteiger partial charge in [0.2, 0.25) is 5.91 Å². The van der Waals surface area contributed by atoms with E-state index in [0.29, 0.717) is 0 Å². The van der Waals surface area contributed by atoms with Crippen LogP contribution in [0.15, 0.2) is 0 Å². The minimum Gasteiger partial charge on any atom is -0.456 e. The van der Waals surface area contributed by atoms with Gasteiger partial charge in [-0.1, -0.05) is 0 Å². The lowest BCUT2D eigenvalue weighted by molar-refractivity contribution is -0.146. The van der Waals surface area contributed by atoms with Gasteiger partial charge >= 0.3 is 5.97 Å². The fourth-order valence-electron chi connectivity index (χ4n) is 3.22. The Bertz CT molecular complexity index is 595. The van der Waals surface area contributed by atoms with Crippen molar-refractivity contribution in [1.29, 1.82) is 0 Å². The summed E-state index contributed by atoms with van der Waals surface area (Å²) in [5.41, 5.74) is 5.02. The highest BCUT2D eigenvalue weighted by Gasteiger charge is 2.33. The summed E-state index contributed by atoms with van der Waals surface area (Å²) in [7, 11) is 0. The van der Waals surface area contributed by atoms with Crippen molar-refractivity contribution in [2.75, 3.05) is 5.32 Å². The summed E-state index contributed by atoms with van der Waals surface area (Å²) in [6.07, 6.45) is 4.24. The summed E-state index contributed by atoms with van der Waals surface area (Å²) < 4.78 is 5.34. The summed E-state index contributed by atoms with van der Waals surface area (Å²) in [5.74, 6) is -0.352. The maximum Gasteiger partial charge on any atom is 0.303 e. The molecule has 106 valence electrons. The van der Waals surface area contributed by atoms with E-state index in [2.05, 4.69) is 5.32 Å². The number of esters is 1. The van der Waals surface area contributed by atoms with Crippen molar-refractivity contribution in [3.8, 4) is 0 Å². The van der Waals surface area contributed by atoms with Crippen molar-refractivity contribution in [2.24, 2.45) is 0 Å². The van der Waals surface area contributed by atoms with Crippen LogP contribution in [-0.2, 0) is 33.6 Å². The average Bonchev–Trinajstić information content (AvgIpc) is 2.95. The van der Waals surface area contributed by atoms with Crippen molar-refractivity contribution in [3.05, 3.63) is 22.5 Å². The van der Waals surface area contributed by atoms with Gasteiger partial charge in [0.1, 0.15) is 6.10 Å². The number of anilines is 1. The number of carbonyl (C=O) groups is 2. The van der Waals surface area contributed by atoms with Crippen LogP contribution >= 0.6 is 0 Å². The predicted octanol–water partition coefficient (Wildman–Crippen LogP) is 2.08. The highest BCUT2D eigenvalue weighted by molar-refractivity contribution is 5.91. The van der Waals surface area contributed by atoms with Gasteiger partial charge in [-0.05, 0) is 37.7 Å². The molecule has 0 fully saturated rings. The highest BCUT2D eigenvalue weighted by atomic mass is 16.5. The van der Waals surface area contributed by atoms with E-state index in [4.69, 9.17) is 9.72 Å². The first-order valence-electron chi connectivity index (χ1n) is 7.05. The molecule has 1 aromatic heterocycles. The zero-order chi connectivity index (χ0) is 14.3. The summed E-state index contributed by atoms with van der Waals surface area (Å²) in [5, 5.41) is 2.96. The molecular formula is C15H18N2O3. The van der Waals surface area contributed by atoms with Gasteiger partial charge in [-0.15, -0.1) is 0 Å². The number of aromatic nitrogens is 1. The lowest BCUT2D eigenvalue weighted by Gasteiger charge is -2.16. The van der Waals surface area contributed by atoms with Crippen LogP contribution in [0.2, 0.25) is 0 Å². The van der Waals surface area contributed by atoms with Gasteiger partial charge in [0, 0.05) is 25.1 Å². The number of fused-ring (bicyclic) bond motifs is 2. The molecule has 3 rings (SSSR count). The van der Waals surface area contributed by atoms with Crippen molar-refractivity contribution >= 4 is 17.6 Å². The number of aryl methyl sites for hydroxylation is 1. The number of pyridine rings is 1. The van der Waals surface area contributed by atoms with Crippen LogP contribution in [0.3, 0.4) is 0 Å². The second kappa shape index (κ2) is 4.89. The van der Waals surface area contributed by atoms with E-state index in [0.717, 1.165) is 54.7 Å². The number of hydrogen-bond donors (Lipinski definition) is 1. The van der Waals surface area contributed by atoms with Crippen LogP contribution in [0, 0.1) is 0 Å². The molecule has 5 nitrogen and oxygen atoms in total. The Kier molecular flexibility index (Phi) is 3.20. The Hall–Kier alpha value is -1.91. The van der Waals surface area contributed by atoms with Crippen molar-refractivity contribution in [2.45, 2.75) is 52.1 Å². The van der Waals surface area contributed by atoms with E-state index in [1.165, 1.54) is 19.4 Å². The Balaban J connectivity index is 2.06. The van der Waals surface area contributed by atoms with Crippen molar-refractivity contribution in [1.82, 2.24) is 4.98 Å². The van der Waals surface area contributed by atoms with Crippen molar-refractivity contribution in [3.63, 3.8) is 0 Å². The van der Waals surface area contributed by atoms with Gasteiger partial charge in [-0.2, -0.15) is 0 Å². The molecule has 0 spiro atoms. The second-order valence-corrected chi connectivity index (χ2v) is 5.45. The second-order valence-electron chi connectivity index (χ2n) is 5.45. The fraction of sp³-hybridized carbons (Fsp3) is 0.533. The van der Waals surface area contributed by atoms with Gasteiger partial charge in [0.25, 0.3) is 0 Å². The van der Waals surface area contributed by atoms with Gasteiger partial charge in [-0.3, -0.25) is 14.6 Å². The largest absolute Gasteiger partial charge is 0.456 e. The minimum absolute atomic E-state index is 0.0663. The molecule has 1 amide bonds. The van der Waals surface area contributed by atoms with E-state index in [-0.39, 0.29) is 18.0 Å². The lowest BCUT2D eigenvalue weighted by Crippen LogP contribution is -2.13. The van der Waals surface area contributed by atoms with Crippen LogP contribution in [0.4, 0.5) is 5.69 Å². The molecule has 5 heteroatoms. The molecule has 0 bridgehead atoms. The molecule has 0 radical (unpaired) electrons. The fourth-order valence-corrected chi connectivity index (χ4v) is 3.22. The van der Waals surface area contributed by atoms with Crippen LogP contribution in [0.1, 0.15) is 55.3 Å². The van der Waals surface area contributed by atoms with Crippen molar-refractivity contribution < 1.29 is 14.3 Å². The summed E-state index contributed by atoms with van der Waals surface area (Å²) in [4.78, 5) is 27.3. The topological polar surface area (TPSA) is 68.3 Å². The predicted molar refractivity (Wildman–Crippen MR) is 73.4 cm³/mol. The van der Waals surface area contributed by atoms with Gasteiger partial charge in [0.15, 0.2) is 0 Å². The van der Waals surface area contributed by atoms with E-state index in [1.54, 1.807) is 0 Å². The Morgan fingerprint density at radius 3 is 2.70 bits per heavy atom. The van der Waals surface area contributed by atoms with Crippen LogP contribution in [0.25, 0.3) is 0 Å². The molecule has 1 N–H and O–H groups in total. The molecule has 2 aliphatic carbocycles. The molecule has 0 saturated heterocycles. The Morgan fingerprint density at radius 2 is 2.00 bits per heavy atom. The van der Waals surface area contributed by atoms with E-state index < -0.39 is 0 Å². The molecule has 1 atom stereocenters. The number of hydrogen-bond acceptors (Lipinski definition) is 4. The third kappa shape index (κ3) is 2.17. The van der Waals surface area contributed by atoms with Crippen LogP contribution < -0.4 is 5.32 Å².